The lowest BCUT2D eigenvalue weighted by Gasteiger charge is -2.22. The number of Topliss-reactive ketones (excluding diaryl/α,β-unsaturated/α-hetero) is 1. The van der Waals surface area contributed by atoms with E-state index in [4.69, 9.17) is 9.84 Å². The van der Waals surface area contributed by atoms with Crippen molar-refractivity contribution < 1.29 is 45.8 Å². The Balaban J connectivity index is 1.70. The van der Waals surface area contributed by atoms with Gasteiger partial charge < -0.3 is 15.2 Å². The van der Waals surface area contributed by atoms with Gasteiger partial charge >= 0.3 is 12.1 Å². The molecule has 3 aromatic rings. The Hall–Kier alpha value is -4.02. The van der Waals surface area contributed by atoms with Crippen LogP contribution in [0.3, 0.4) is 0 Å². The van der Waals surface area contributed by atoms with Gasteiger partial charge in [0.15, 0.2) is 5.78 Å². The molecule has 0 spiro atoms. The fraction of sp³-hybridized carbons (Fsp3) is 0.333. The van der Waals surface area contributed by atoms with E-state index in [-0.39, 0.29) is 55.4 Å². The fourth-order valence-electron chi connectivity index (χ4n) is 4.25. The number of carboxylic acids is 1. The fourth-order valence-corrected chi connectivity index (χ4v) is 4.25. The number of nitrogens with one attached hydrogen (secondary N) is 1. The summed E-state index contributed by atoms with van der Waals surface area (Å²) in [5.74, 6) is -4.93. The van der Waals surface area contributed by atoms with Crippen LogP contribution in [0.15, 0.2) is 54.6 Å². The second-order valence-electron chi connectivity index (χ2n) is 9.98. The SMILES string of the molecule is CC(C)C[C@@H](COc1cc(F)c(-c2ccc(C(F)(F)F)cc2F)c(F)c1)Nc1ccc(C(=O)CCCC(=O)O)cc1. The van der Waals surface area contributed by atoms with E-state index in [2.05, 4.69) is 5.32 Å². The molecule has 1 atom stereocenters. The quantitative estimate of drug-likeness (QED) is 0.157. The van der Waals surface area contributed by atoms with Crippen LogP contribution in [0.2, 0.25) is 0 Å². The molecule has 3 rings (SSSR count). The van der Waals surface area contributed by atoms with Gasteiger partial charge in [-0.05, 0) is 55.2 Å². The predicted molar refractivity (Wildman–Crippen MR) is 141 cm³/mol. The molecule has 11 heteroatoms. The van der Waals surface area contributed by atoms with Gasteiger partial charge in [0.05, 0.1) is 17.2 Å². The molecule has 3 aromatic carbocycles. The van der Waals surface area contributed by atoms with Crippen molar-refractivity contribution in [2.75, 3.05) is 11.9 Å². The Morgan fingerprint density at radius 3 is 2.07 bits per heavy atom. The zero-order valence-corrected chi connectivity index (χ0v) is 22.3. The van der Waals surface area contributed by atoms with E-state index in [1.807, 2.05) is 13.8 Å². The zero-order valence-electron chi connectivity index (χ0n) is 22.3. The molecular formula is C30H29F6NO4. The van der Waals surface area contributed by atoms with Crippen LogP contribution in [0.5, 0.6) is 5.75 Å². The smallest absolute Gasteiger partial charge is 0.416 e. The van der Waals surface area contributed by atoms with E-state index < -0.39 is 46.3 Å². The number of hydrogen-bond acceptors (Lipinski definition) is 4. The van der Waals surface area contributed by atoms with Crippen LogP contribution >= 0.6 is 0 Å². The molecule has 220 valence electrons. The zero-order chi connectivity index (χ0) is 30.3. The number of alkyl halides is 3. The number of ketones is 1. The lowest BCUT2D eigenvalue weighted by Crippen LogP contribution is -2.28. The van der Waals surface area contributed by atoms with Crippen molar-refractivity contribution in [2.24, 2.45) is 5.92 Å². The Bertz CT molecular complexity index is 1350. The average Bonchev–Trinajstić information content (AvgIpc) is 2.87. The molecule has 0 radical (unpaired) electrons. The Labute approximate surface area is 233 Å². The minimum absolute atomic E-state index is 0.0130. The van der Waals surface area contributed by atoms with Crippen molar-refractivity contribution in [3.05, 3.63) is 83.2 Å². The molecule has 0 aliphatic carbocycles. The largest absolute Gasteiger partial charge is 0.491 e. The lowest BCUT2D eigenvalue weighted by atomic mass is 10.0. The molecule has 0 aliphatic rings. The van der Waals surface area contributed by atoms with Gasteiger partial charge in [-0.15, -0.1) is 0 Å². The number of halogens is 6. The van der Waals surface area contributed by atoms with E-state index in [1.54, 1.807) is 24.3 Å². The number of benzene rings is 3. The highest BCUT2D eigenvalue weighted by Gasteiger charge is 2.32. The van der Waals surface area contributed by atoms with Gasteiger partial charge in [0, 0.05) is 41.8 Å². The monoisotopic (exact) mass is 581 g/mol. The van der Waals surface area contributed by atoms with E-state index in [1.165, 1.54) is 0 Å². The Kier molecular flexibility index (Phi) is 10.4. The molecule has 0 bridgehead atoms. The van der Waals surface area contributed by atoms with E-state index in [0.717, 1.165) is 12.1 Å². The average molecular weight is 582 g/mol. The number of ether oxygens (including phenoxy) is 1. The number of hydrogen-bond donors (Lipinski definition) is 2. The number of carbonyl (C=O) groups excluding carboxylic acids is 1. The third kappa shape index (κ3) is 8.99. The molecular weight excluding hydrogens is 552 g/mol. The first-order chi connectivity index (χ1) is 19.2. The number of carbonyl (C=O) groups is 2. The molecule has 41 heavy (non-hydrogen) atoms. The Morgan fingerprint density at radius 2 is 1.54 bits per heavy atom. The number of rotatable bonds is 13. The molecule has 0 amide bonds. The minimum atomic E-state index is -4.81. The maximum atomic E-state index is 14.8. The highest BCUT2D eigenvalue weighted by molar-refractivity contribution is 5.96. The number of aliphatic carboxylic acids is 1. The normalized spacial score (nSPS) is 12.3. The van der Waals surface area contributed by atoms with Gasteiger partial charge in [-0.2, -0.15) is 13.2 Å². The van der Waals surface area contributed by atoms with E-state index in [0.29, 0.717) is 29.8 Å². The topological polar surface area (TPSA) is 75.6 Å². The van der Waals surface area contributed by atoms with Crippen LogP contribution in [0.25, 0.3) is 11.1 Å². The number of anilines is 1. The maximum absolute atomic E-state index is 14.8. The summed E-state index contributed by atoms with van der Waals surface area (Å²) in [5, 5.41) is 12.0. The summed E-state index contributed by atoms with van der Waals surface area (Å²) in [6, 6.07) is 9.37. The lowest BCUT2D eigenvalue weighted by molar-refractivity contribution is -0.138. The standard InChI is InChI=1S/C30H29F6NO4/c1-17(2)12-21(37-20-9-6-18(7-10-20)27(38)4-3-5-28(39)40)16-41-22-14-25(32)29(26(33)15-22)23-11-8-19(13-24(23)31)30(34,35)36/h6-11,13-15,17,21,37H,3-5,12,16H2,1-2H3,(H,39,40)/t21-/m0/s1. The van der Waals surface area contributed by atoms with Crippen molar-refractivity contribution in [1.82, 2.24) is 0 Å². The van der Waals surface area contributed by atoms with Crippen LogP contribution in [0.1, 0.15) is 55.5 Å². The van der Waals surface area contributed by atoms with Crippen molar-refractivity contribution >= 4 is 17.4 Å². The maximum Gasteiger partial charge on any atom is 0.416 e. The molecule has 0 heterocycles. The van der Waals surface area contributed by atoms with E-state index >= 15 is 0 Å². The second-order valence-corrected chi connectivity index (χ2v) is 9.98. The second kappa shape index (κ2) is 13.6. The molecule has 2 N–H and O–H groups in total. The highest BCUT2D eigenvalue weighted by atomic mass is 19.4. The summed E-state index contributed by atoms with van der Waals surface area (Å²) in [6.07, 6.45) is -3.94. The number of carboxylic acid groups (broad SMARTS) is 1. The first-order valence-electron chi connectivity index (χ1n) is 12.8. The summed E-state index contributed by atoms with van der Waals surface area (Å²) >= 11 is 0. The molecule has 0 saturated carbocycles. The Morgan fingerprint density at radius 1 is 0.902 bits per heavy atom. The van der Waals surface area contributed by atoms with Crippen molar-refractivity contribution in [2.45, 2.75) is 51.7 Å². The van der Waals surface area contributed by atoms with Gasteiger partial charge in [-0.1, -0.05) is 19.9 Å². The van der Waals surface area contributed by atoms with Crippen LogP contribution in [0, 0.1) is 23.4 Å². The van der Waals surface area contributed by atoms with Gasteiger partial charge in [-0.3, -0.25) is 9.59 Å². The van der Waals surface area contributed by atoms with Crippen molar-refractivity contribution in [1.29, 1.82) is 0 Å². The van der Waals surface area contributed by atoms with Crippen molar-refractivity contribution in [3.8, 4) is 16.9 Å². The summed E-state index contributed by atoms with van der Waals surface area (Å²) in [4.78, 5) is 22.9. The molecule has 0 aromatic heterocycles. The van der Waals surface area contributed by atoms with Crippen LogP contribution in [-0.2, 0) is 11.0 Å². The van der Waals surface area contributed by atoms with Crippen molar-refractivity contribution in [3.63, 3.8) is 0 Å². The molecule has 0 unspecified atom stereocenters. The first kappa shape index (κ1) is 31.5. The van der Waals surface area contributed by atoms with Gasteiger partial charge in [0.1, 0.15) is 29.8 Å². The third-order valence-electron chi connectivity index (χ3n) is 6.16. The summed E-state index contributed by atoms with van der Waals surface area (Å²) in [6.45, 7) is 3.93. The van der Waals surface area contributed by atoms with Crippen LogP contribution in [-0.4, -0.2) is 29.5 Å². The summed E-state index contributed by atoms with van der Waals surface area (Å²) in [7, 11) is 0. The van der Waals surface area contributed by atoms with Crippen LogP contribution < -0.4 is 10.1 Å². The predicted octanol–water partition coefficient (Wildman–Crippen LogP) is 8.13. The summed E-state index contributed by atoms with van der Waals surface area (Å²) in [5.41, 5.74) is -1.64. The third-order valence-corrected chi connectivity index (χ3v) is 6.16. The van der Waals surface area contributed by atoms with E-state index in [9.17, 15) is 35.9 Å². The van der Waals surface area contributed by atoms with Gasteiger partial charge in [0.2, 0.25) is 0 Å². The van der Waals surface area contributed by atoms with Gasteiger partial charge in [0.25, 0.3) is 0 Å². The highest BCUT2D eigenvalue weighted by Crippen LogP contribution is 2.36. The molecule has 0 fully saturated rings. The molecule has 0 aliphatic heterocycles. The van der Waals surface area contributed by atoms with Crippen LogP contribution in [0.4, 0.5) is 32.0 Å². The first-order valence-corrected chi connectivity index (χ1v) is 12.8. The summed E-state index contributed by atoms with van der Waals surface area (Å²) < 4.78 is 88.1. The van der Waals surface area contributed by atoms with Gasteiger partial charge in [-0.25, -0.2) is 13.2 Å². The minimum Gasteiger partial charge on any atom is -0.491 e. The molecule has 5 nitrogen and oxygen atoms in total. The molecule has 0 saturated heterocycles.